The van der Waals surface area contributed by atoms with Crippen molar-refractivity contribution < 1.29 is 51.3 Å². The van der Waals surface area contributed by atoms with Crippen molar-refractivity contribution in [1.82, 2.24) is 21.3 Å². The summed E-state index contributed by atoms with van der Waals surface area (Å²) < 4.78 is 56.2. The standard InChI is InChI=1S/C10H16F3NO2.C10H19NO2.C9H17NO2.C8H15NO2/c1-7(10(11,12)13)9(15)16-6-8-3-2-4-14-5-8;1-2-4-10(12)13-8-9-5-3-6-11-7-9;1-2-9(11)12-7-8-4-3-5-10-6-8;1-7(10)11-6-8-3-2-4-9-5-8/h7-8,14H,2-6H2,1H3;9,11H,2-8H2,1H3;8,10H,2-7H2,1H3;8-9H,2-6H2,1H3. The quantitative estimate of drug-likeness (QED) is 0.164. The zero-order chi connectivity index (χ0) is 38.6. The molecule has 52 heavy (non-hydrogen) atoms. The van der Waals surface area contributed by atoms with Crippen molar-refractivity contribution in [1.29, 1.82) is 0 Å². The topological polar surface area (TPSA) is 153 Å². The van der Waals surface area contributed by atoms with Crippen LogP contribution in [-0.2, 0) is 38.1 Å². The lowest BCUT2D eigenvalue weighted by atomic mass is 10.0. The molecule has 4 N–H and O–H groups in total. The largest absolute Gasteiger partial charge is 0.466 e. The van der Waals surface area contributed by atoms with Gasteiger partial charge >= 0.3 is 30.1 Å². The third-order valence-corrected chi connectivity index (χ3v) is 9.13. The van der Waals surface area contributed by atoms with E-state index in [-0.39, 0.29) is 30.4 Å². The molecule has 0 amide bonds. The van der Waals surface area contributed by atoms with Crippen LogP contribution in [0.15, 0.2) is 0 Å². The molecule has 4 heterocycles. The average molecular weight is 753 g/mol. The molecular formula is C37H67F3N4O8. The number of carbonyl (C=O) groups is 4. The van der Waals surface area contributed by atoms with Gasteiger partial charge in [-0.15, -0.1) is 0 Å². The highest BCUT2D eigenvalue weighted by atomic mass is 19.4. The van der Waals surface area contributed by atoms with E-state index < -0.39 is 18.1 Å². The predicted molar refractivity (Wildman–Crippen MR) is 192 cm³/mol. The first-order valence-electron chi connectivity index (χ1n) is 19.4. The van der Waals surface area contributed by atoms with Crippen LogP contribution < -0.4 is 21.3 Å². The number of carbonyl (C=O) groups excluding carboxylic acids is 4. The number of esters is 4. The van der Waals surface area contributed by atoms with Crippen LogP contribution in [0, 0.1) is 29.6 Å². The molecule has 15 heteroatoms. The van der Waals surface area contributed by atoms with Crippen molar-refractivity contribution in [3.63, 3.8) is 0 Å². The van der Waals surface area contributed by atoms with Gasteiger partial charge in [0.15, 0.2) is 0 Å². The third kappa shape index (κ3) is 24.7. The molecule has 4 aliphatic heterocycles. The van der Waals surface area contributed by atoms with Crippen LogP contribution >= 0.6 is 0 Å². The summed E-state index contributed by atoms with van der Waals surface area (Å²) in [5, 5.41) is 13.0. The second-order valence-corrected chi connectivity index (χ2v) is 14.0. The first kappa shape index (κ1) is 47.5. The van der Waals surface area contributed by atoms with Crippen LogP contribution in [0.5, 0.6) is 0 Å². The molecule has 0 aromatic rings. The first-order chi connectivity index (χ1) is 24.8. The number of rotatable bonds is 12. The summed E-state index contributed by atoms with van der Waals surface area (Å²) in [6.45, 7) is 15.9. The summed E-state index contributed by atoms with van der Waals surface area (Å²) in [5.41, 5.74) is 0. The third-order valence-electron chi connectivity index (χ3n) is 9.13. The average Bonchev–Trinajstić information content (AvgIpc) is 3.16. The van der Waals surface area contributed by atoms with E-state index in [1.165, 1.54) is 45.4 Å². The number of hydrogen-bond donors (Lipinski definition) is 4. The summed E-state index contributed by atoms with van der Waals surface area (Å²) in [6.07, 6.45) is 6.43. The summed E-state index contributed by atoms with van der Waals surface area (Å²) in [4.78, 5) is 43.4. The van der Waals surface area contributed by atoms with E-state index in [0.29, 0.717) is 57.0 Å². The highest BCUT2D eigenvalue weighted by Crippen LogP contribution is 2.27. The van der Waals surface area contributed by atoms with Gasteiger partial charge in [-0.2, -0.15) is 13.2 Å². The molecule has 4 fully saturated rings. The number of nitrogens with one attached hydrogen (secondary N) is 4. The van der Waals surface area contributed by atoms with E-state index in [1.807, 2.05) is 13.8 Å². The van der Waals surface area contributed by atoms with Crippen LogP contribution in [0.25, 0.3) is 0 Å². The second-order valence-electron chi connectivity index (χ2n) is 14.0. The van der Waals surface area contributed by atoms with E-state index in [9.17, 15) is 32.3 Å². The van der Waals surface area contributed by atoms with Gasteiger partial charge in [0.1, 0.15) is 5.92 Å². The molecule has 4 aliphatic rings. The van der Waals surface area contributed by atoms with E-state index in [0.717, 1.165) is 72.0 Å². The lowest BCUT2D eigenvalue weighted by Gasteiger charge is -2.23. The lowest BCUT2D eigenvalue weighted by molar-refractivity contribution is -0.195. The number of alkyl halides is 3. The Hall–Kier alpha value is -2.49. The van der Waals surface area contributed by atoms with Crippen LogP contribution in [-0.4, -0.2) is 109 Å². The predicted octanol–water partition coefficient (Wildman–Crippen LogP) is 4.55. The van der Waals surface area contributed by atoms with Gasteiger partial charge in [0.25, 0.3) is 0 Å². The van der Waals surface area contributed by atoms with Gasteiger partial charge < -0.3 is 40.2 Å². The van der Waals surface area contributed by atoms with Crippen molar-refractivity contribution in [2.45, 2.75) is 105 Å². The van der Waals surface area contributed by atoms with Crippen molar-refractivity contribution in [2.75, 3.05) is 78.8 Å². The molecule has 0 saturated carbocycles. The van der Waals surface area contributed by atoms with Crippen LogP contribution in [0.3, 0.4) is 0 Å². The van der Waals surface area contributed by atoms with Crippen molar-refractivity contribution >= 4 is 23.9 Å². The maximum Gasteiger partial charge on any atom is 0.401 e. The molecule has 0 aromatic carbocycles. The second kappa shape index (κ2) is 28.9. The normalized spacial score (nSPS) is 23.7. The minimum absolute atomic E-state index is 0.0481. The summed E-state index contributed by atoms with van der Waals surface area (Å²) >= 11 is 0. The first-order valence-corrected chi connectivity index (χ1v) is 19.4. The monoisotopic (exact) mass is 752 g/mol. The Morgan fingerprint density at radius 1 is 0.615 bits per heavy atom. The van der Waals surface area contributed by atoms with Gasteiger partial charge in [-0.05, 0) is 90.9 Å². The number of ether oxygens (including phenoxy) is 4. The van der Waals surface area contributed by atoms with Gasteiger partial charge in [0, 0.05) is 69.6 Å². The van der Waals surface area contributed by atoms with Crippen molar-refractivity contribution in [2.24, 2.45) is 29.6 Å². The molecule has 0 aliphatic carbocycles. The fourth-order valence-corrected chi connectivity index (χ4v) is 5.76. The minimum Gasteiger partial charge on any atom is -0.466 e. The Balaban J connectivity index is 0.000000350. The molecule has 5 unspecified atom stereocenters. The van der Waals surface area contributed by atoms with E-state index in [2.05, 4.69) is 26.0 Å². The fourth-order valence-electron chi connectivity index (χ4n) is 5.76. The van der Waals surface area contributed by atoms with Crippen molar-refractivity contribution in [3.05, 3.63) is 0 Å². The highest BCUT2D eigenvalue weighted by molar-refractivity contribution is 5.72. The summed E-state index contributed by atoms with van der Waals surface area (Å²) in [5.74, 6) is -1.78. The molecule has 0 bridgehead atoms. The molecule has 304 valence electrons. The van der Waals surface area contributed by atoms with Gasteiger partial charge in [0.2, 0.25) is 0 Å². The maximum absolute atomic E-state index is 12.2. The Morgan fingerprint density at radius 2 is 0.981 bits per heavy atom. The van der Waals surface area contributed by atoms with Crippen molar-refractivity contribution in [3.8, 4) is 0 Å². The van der Waals surface area contributed by atoms with Gasteiger partial charge in [-0.3, -0.25) is 19.2 Å². The molecular weight excluding hydrogens is 685 g/mol. The zero-order valence-corrected chi connectivity index (χ0v) is 32.1. The van der Waals surface area contributed by atoms with Gasteiger partial charge in [-0.1, -0.05) is 13.8 Å². The molecule has 12 nitrogen and oxygen atoms in total. The SMILES string of the molecule is CC(=O)OCC1CCCNC1.CC(C(=O)OCC1CCCNC1)C(F)(F)F.CCC(=O)OCC1CCCNC1.CCCC(=O)OCC1CCCNC1. The minimum atomic E-state index is -4.51. The zero-order valence-electron chi connectivity index (χ0n) is 32.1. The Kier molecular flexibility index (Phi) is 26.5. The summed E-state index contributed by atoms with van der Waals surface area (Å²) in [6, 6.07) is 0. The van der Waals surface area contributed by atoms with E-state index in [1.54, 1.807) is 0 Å². The number of piperidine rings is 4. The van der Waals surface area contributed by atoms with E-state index in [4.69, 9.17) is 14.2 Å². The van der Waals surface area contributed by atoms with Crippen LogP contribution in [0.2, 0.25) is 0 Å². The molecule has 5 atom stereocenters. The molecule has 0 radical (unpaired) electrons. The van der Waals surface area contributed by atoms with Gasteiger partial charge in [0.05, 0.1) is 26.4 Å². The van der Waals surface area contributed by atoms with Crippen LogP contribution in [0.1, 0.15) is 98.3 Å². The Labute approximate surface area is 309 Å². The number of hydrogen-bond acceptors (Lipinski definition) is 12. The maximum atomic E-state index is 12.2. The lowest BCUT2D eigenvalue weighted by Crippen LogP contribution is -2.35. The van der Waals surface area contributed by atoms with Gasteiger partial charge in [-0.25, -0.2) is 0 Å². The molecule has 0 aromatic heterocycles. The van der Waals surface area contributed by atoms with Crippen LogP contribution in [0.4, 0.5) is 13.2 Å². The molecule has 4 rings (SSSR count). The fraction of sp³-hybridized carbons (Fsp3) is 0.892. The Morgan fingerprint density at radius 3 is 1.29 bits per heavy atom. The van der Waals surface area contributed by atoms with E-state index >= 15 is 0 Å². The Bertz CT molecular complexity index is 967. The number of halogens is 3. The summed E-state index contributed by atoms with van der Waals surface area (Å²) in [7, 11) is 0. The highest BCUT2D eigenvalue weighted by Gasteiger charge is 2.42. The molecule has 4 saturated heterocycles. The molecule has 0 spiro atoms. The smallest absolute Gasteiger partial charge is 0.401 e.